The van der Waals surface area contributed by atoms with Crippen molar-refractivity contribution in [1.29, 1.82) is 0 Å². The van der Waals surface area contributed by atoms with Gasteiger partial charge < -0.3 is 15.3 Å². The predicted molar refractivity (Wildman–Crippen MR) is 97.9 cm³/mol. The summed E-state index contributed by atoms with van der Waals surface area (Å²) < 4.78 is 2.01. The van der Waals surface area contributed by atoms with Crippen molar-refractivity contribution in [3.63, 3.8) is 0 Å². The summed E-state index contributed by atoms with van der Waals surface area (Å²) in [5.41, 5.74) is 1.51. The Hall–Kier alpha value is -2.80. The highest BCUT2D eigenvalue weighted by molar-refractivity contribution is 7.71. The van der Waals surface area contributed by atoms with Crippen LogP contribution in [-0.4, -0.2) is 30.1 Å². The lowest BCUT2D eigenvalue weighted by molar-refractivity contribution is 0.432. The molecule has 0 aliphatic carbocycles. The lowest BCUT2D eigenvalue weighted by Crippen LogP contribution is -2.11. The Bertz CT molecular complexity index is 982. The molecule has 0 radical (unpaired) electrons. The van der Waals surface area contributed by atoms with Crippen LogP contribution in [0.15, 0.2) is 36.4 Å². The second-order valence-corrected chi connectivity index (χ2v) is 7.23. The van der Waals surface area contributed by atoms with E-state index >= 15 is 0 Å². The van der Waals surface area contributed by atoms with E-state index in [4.69, 9.17) is 12.2 Å². The molecule has 0 bridgehead atoms. The fourth-order valence-corrected chi connectivity index (χ4v) is 2.91. The molecular weight excluding hydrogens is 338 g/mol. The normalized spacial score (nSPS) is 11.6. The molecule has 0 saturated carbocycles. The minimum Gasteiger partial charge on any atom is -0.508 e. The molecule has 0 amide bonds. The molecule has 0 saturated heterocycles. The van der Waals surface area contributed by atoms with Crippen LogP contribution in [0.1, 0.15) is 26.3 Å². The molecule has 3 aromatic rings. The molecule has 3 rings (SSSR count). The van der Waals surface area contributed by atoms with Crippen molar-refractivity contribution in [2.75, 3.05) is 0 Å². The second kappa shape index (κ2) is 5.93. The van der Waals surface area contributed by atoms with Gasteiger partial charge in [-0.3, -0.25) is 9.67 Å². The quantitative estimate of drug-likeness (QED) is 0.520. The minimum absolute atomic E-state index is 0.0269. The number of phenolic OH excluding ortho intramolecular Hbond substituents is 3. The van der Waals surface area contributed by atoms with E-state index in [0.29, 0.717) is 27.4 Å². The van der Waals surface area contributed by atoms with Crippen LogP contribution >= 0.6 is 12.2 Å². The first-order valence-corrected chi connectivity index (χ1v) is 8.13. The molecule has 0 unspecified atom stereocenters. The van der Waals surface area contributed by atoms with Gasteiger partial charge in [0.25, 0.3) is 0 Å². The summed E-state index contributed by atoms with van der Waals surface area (Å²) in [5.74, 6) is 0.486. The molecule has 1 aromatic heterocycles. The van der Waals surface area contributed by atoms with Crippen LogP contribution < -0.4 is 0 Å². The lowest BCUT2D eigenvalue weighted by Gasteiger charge is -2.21. The first-order chi connectivity index (χ1) is 11.7. The third-order valence-corrected chi connectivity index (χ3v) is 4.22. The van der Waals surface area contributed by atoms with E-state index in [1.165, 1.54) is 6.07 Å². The third kappa shape index (κ3) is 3.10. The summed E-state index contributed by atoms with van der Waals surface area (Å²) in [6.07, 6.45) is 0. The van der Waals surface area contributed by atoms with E-state index in [1.807, 2.05) is 20.8 Å². The zero-order valence-corrected chi connectivity index (χ0v) is 14.9. The first-order valence-electron chi connectivity index (χ1n) is 7.72. The summed E-state index contributed by atoms with van der Waals surface area (Å²) in [6, 6.07) is 9.52. The molecule has 6 nitrogen and oxygen atoms in total. The number of H-pyrrole nitrogens is 1. The number of aromatic amines is 1. The van der Waals surface area contributed by atoms with Gasteiger partial charge >= 0.3 is 0 Å². The average molecular weight is 357 g/mol. The number of rotatable bonds is 2. The third-order valence-electron chi connectivity index (χ3n) is 3.94. The molecule has 4 N–H and O–H groups in total. The van der Waals surface area contributed by atoms with Gasteiger partial charge in [0.2, 0.25) is 0 Å². The van der Waals surface area contributed by atoms with E-state index < -0.39 is 0 Å². The van der Waals surface area contributed by atoms with Gasteiger partial charge in [-0.05, 0) is 48.0 Å². The number of aromatic hydroxyl groups is 3. The highest BCUT2D eigenvalue weighted by Gasteiger charge is 2.23. The van der Waals surface area contributed by atoms with E-state index in [-0.39, 0.29) is 22.7 Å². The number of nitrogens with one attached hydrogen (secondary N) is 1. The summed E-state index contributed by atoms with van der Waals surface area (Å²) in [6.45, 7) is 5.92. The van der Waals surface area contributed by atoms with Crippen LogP contribution in [0.2, 0.25) is 0 Å². The number of hydrogen-bond acceptors (Lipinski definition) is 5. The Morgan fingerprint density at radius 3 is 2.24 bits per heavy atom. The Labute approximate surface area is 150 Å². The Morgan fingerprint density at radius 2 is 1.64 bits per heavy atom. The van der Waals surface area contributed by atoms with Crippen molar-refractivity contribution < 1.29 is 15.3 Å². The number of hydrogen-bond donors (Lipinski definition) is 4. The summed E-state index contributed by atoms with van der Waals surface area (Å²) >= 11 is 5.31. The van der Waals surface area contributed by atoms with E-state index in [1.54, 1.807) is 34.9 Å². The number of benzene rings is 2. The largest absolute Gasteiger partial charge is 0.508 e. The van der Waals surface area contributed by atoms with Crippen molar-refractivity contribution in [3.8, 4) is 34.3 Å². The highest BCUT2D eigenvalue weighted by Crippen LogP contribution is 2.39. The zero-order valence-electron chi connectivity index (χ0n) is 14.1. The van der Waals surface area contributed by atoms with Crippen molar-refractivity contribution in [2.24, 2.45) is 0 Å². The Morgan fingerprint density at radius 1 is 1.00 bits per heavy atom. The van der Waals surface area contributed by atoms with Gasteiger partial charge in [-0.25, -0.2) is 0 Å². The Balaban J connectivity index is 2.25. The fourth-order valence-electron chi connectivity index (χ4n) is 2.68. The molecule has 2 aromatic carbocycles. The van der Waals surface area contributed by atoms with Crippen LogP contribution in [0.4, 0.5) is 0 Å². The molecule has 0 spiro atoms. The molecule has 0 aliphatic rings. The van der Waals surface area contributed by atoms with Gasteiger partial charge in [0.15, 0.2) is 10.6 Å². The van der Waals surface area contributed by atoms with Crippen LogP contribution in [0, 0.1) is 4.77 Å². The van der Waals surface area contributed by atoms with Crippen LogP contribution in [0.25, 0.3) is 17.1 Å². The van der Waals surface area contributed by atoms with E-state index in [9.17, 15) is 15.3 Å². The van der Waals surface area contributed by atoms with Gasteiger partial charge in [-0.1, -0.05) is 20.8 Å². The van der Waals surface area contributed by atoms with Gasteiger partial charge in [-0.15, -0.1) is 0 Å². The molecule has 7 heteroatoms. The van der Waals surface area contributed by atoms with Crippen molar-refractivity contribution in [1.82, 2.24) is 14.8 Å². The molecule has 130 valence electrons. The predicted octanol–water partition coefficient (Wildman–Crippen LogP) is 4.01. The average Bonchev–Trinajstić information content (AvgIpc) is 2.88. The first kappa shape index (κ1) is 17.0. The lowest BCUT2D eigenvalue weighted by atomic mass is 9.85. The van der Waals surface area contributed by atoms with E-state index in [0.717, 1.165) is 0 Å². The fraction of sp³-hybridized carbons (Fsp3) is 0.222. The number of phenols is 3. The van der Waals surface area contributed by atoms with Gasteiger partial charge in [-0.2, -0.15) is 5.10 Å². The molecule has 0 aliphatic heterocycles. The summed E-state index contributed by atoms with van der Waals surface area (Å²) in [5, 5.41) is 37.0. The van der Waals surface area contributed by atoms with Gasteiger partial charge in [0.1, 0.15) is 17.2 Å². The smallest absolute Gasteiger partial charge is 0.200 e. The van der Waals surface area contributed by atoms with Crippen LogP contribution in [0.5, 0.6) is 17.2 Å². The molecule has 25 heavy (non-hydrogen) atoms. The molecule has 0 fully saturated rings. The Kier molecular flexibility index (Phi) is 4.04. The maximum atomic E-state index is 10.4. The van der Waals surface area contributed by atoms with Crippen molar-refractivity contribution in [3.05, 3.63) is 46.7 Å². The molecule has 0 atom stereocenters. The van der Waals surface area contributed by atoms with Crippen molar-refractivity contribution >= 4 is 12.2 Å². The number of aromatic nitrogens is 3. The summed E-state index contributed by atoms with van der Waals surface area (Å²) in [4.78, 5) is 0. The topological polar surface area (TPSA) is 94.3 Å². The van der Waals surface area contributed by atoms with E-state index in [2.05, 4.69) is 10.2 Å². The van der Waals surface area contributed by atoms with Crippen molar-refractivity contribution in [2.45, 2.75) is 26.2 Å². The van der Waals surface area contributed by atoms with Crippen LogP contribution in [0.3, 0.4) is 0 Å². The standard InChI is InChI=1S/C18H19N3O3S/c1-18(2,3)13-8-12(14(23)9-15(13)24)16-19-20-17(25)21(16)10-4-6-11(22)7-5-10/h4-9,22-24H,1-3H3,(H,20,25). The zero-order chi connectivity index (χ0) is 18.4. The summed E-state index contributed by atoms with van der Waals surface area (Å²) in [7, 11) is 0. The van der Waals surface area contributed by atoms with Gasteiger partial charge in [0.05, 0.1) is 11.3 Å². The number of nitrogens with zero attached hydrogens (tertiary/aromatic N) is 2. The molecule has 1 heterocycles. The monoisotopic (exact) mass is 357 g/mol. The second-order valence-electron chi connectivity index (χ2n) is 6.84. The maximum absolute atomic E-state index is 10.4. The van der Waals surface area contributed by atoms with Gasteiger partial charge in [0, 0.05) is 11.6 Å². The maximum Gasteiger partial charge on any atom is 0.200 e. The SMILES string of the molecule is CC(C)(C)c1cc(-c2n[nH]c(=S)n2-c2ccc(O)cc2)c(O)cc1O. The highest BCUT2D eigenvalue weighted by atomic mass is 32.1. The minimum atomic E-state index is -0.316. The molecular formula is C18H19N3O3S. The van der Waals surface area contributed by atoms with Crippen LogP contribution in [-0.2, 0) is 5.41 Å².